The third-order valence-electron chi connectivity index (χ3n) is 2.25. The summed E-state index contributed by atoms with van der Waals surface area (Å²) >= 11 is 5.18. The van der Waals surface area contributed by atoms with Gasteiger partial charge in [0.05, 0.1) is 4.08 Å². The maximum atomic E-state index is 10.6. The van der Waals surface area contributed by atoms with Gasteiger partial charge in [-0.3, -0.25) is 9.59 Å². The fraction of sp³-hybridized carbons (Fsp3) is 0.778. The van der Waals surface area contributed by atoms with Crippen LogP contribution in [0.4, 0.5) is 0 Å². The minimum atomic E-state index is -0.811. The van der Waals surface area contributed by atoms with Gasteiger partial charge in [-0.1, -0.05) is 0 Å². The summed E-state index contributed by atoms with van der Waals surface area (Å²) in [6, 6.07) is 0. The highest BCUT2D eigenvalue weighted by Crippen LogP contribution is 2.51. The van der Waals surface area contributed by atoms with E-state index >= 15 is 0 Å². The summed E-state index contributed by atoms with van der Waals surface area (Å²) in [4.78, 5) is 21.2. The summed E-state index contributed by atoms with van der Waals surface area (Å²) in [7, 11) is 0. The average Bonchev–Trinajstić information content (AvgIpc) is 2.25. The maximum absolute atomic E-state index is 10.6. The van der Waals surface area contributed by atoms with Crippen LogP contribution >= 0.6 is 35.3 Å². The molecule has 0 saturated carbocycles. The molecular weight excluding hydrogens is 268 g/mol. The highest BCUT2D eigenvalue weighted by Gasteiger charge is 2.34. The van der Waals surface area contributed by atoms with Crippen molar-refractivity contribution >= 4 is 47.2 Å². The normalized spacial score (nSPS) is 19.2. The van der Waals surface area contributed by atoms with Crippen LogP contribution in [0.15, 0.2) is 0 Å². The Bertz CT molecular complexity index is 243. The number of carbonyl (C=O) groups is 2. The van der Waals surface area contributed by atoms with Crippen LogP contribution in [0.1, 0.15) is 25.7 Å². The molecule has 0 radical (unpaired) electrons. The predicted octanol–water partition coefficient (Wildman–Crippen LogP) is 2.54. The van der Waals surface area contributed by atoms with Gasteiger partial charge >= 0.3 is 11.9 Å². The van der Waals surface area contributed by atoms with Crippen LogP contribution < -0.4 is 0 Å². The molecule has 1 saturated heterocycles. The average molecular weight is 282 g/mol. The lowest BCUT2D eigenvalue weighted by Crippen LogP contribution is -2.25. The smallest absolute Gasteiger partial charge is 0.303 e. The highest BCUT2D eigenvalue weighted by atomic mass is 32.3. The molecule has 0 atom stereocenters. The molecule has 0 aromatic rings. The Kier molecular flexibility index (Phi) is 5.85. The second-order valence-electron chi connectivity index (χ2n) is 3.43. The number of carboxylic acid groups (broad SMARTS) is 2. The molecule has 2 N–H and O–H groups in total. The number of aliphatic carboxylic acids is 2. The number of rotatable bonds is 6. The van der Waals surface area contributed by atoms with Gasteiger partial charge in [0, 0.05) is 23.0 Å². The van der Waals surface area contributed by atoms with Gasteiger partial charge in [-0.25, -0.2) is 0 Å². The summed E-state index contributed by atoms with van der Waals surface area (Å²) in [6.07, 6.45) is 1.32. The molecule has 7 heteroatoms. The molecule has 0 unspecified atom stereocenters. The Labute approximate surface area is 107 Å². The topological polar surface area (TPSA) is 74.6 Å². The molecule has 1 heterocycles. The van der Waals surface area contributed by atoms with E-state index in [1.807, 2.05) is 0 Å². The number of carboxylic acids is 2. The Morgan fingerprint density at radius 1 is 1.00 bits per heavy atom. The molecular formula is C9H14O4S3. The van der Waals surface area contributed by atoms with Crippen molar-refractivity contribution in [3.8, 4) is 0 Å². The fourth-order valence-electron chi connectivity index (χ4n) is 1.38. The van der Waals surface area contributed by atoms with Crippen molar-refractivity contribution < 1.29 is 19.8 Å². The molecule has 0 amide bonds. The van der Waals surface area contributed by atoms with Crippen LogP contribution in [0.3, 0.4) is 0 Å². The fourth-order valence-corrected chi connectivity index (χ4v) is 6.84. The van der Waals surface area contributed by atoms with Gasteiger partial charge in [0.1, 0.15) is 0 Å². The van der Waals surface area contributed by atoms with Gasteiger partial charge in [0.25, 0.3) is 0 Å². The largest absolute Gasteiger partial charge is 0.481 e. The van der Waals surface area contributed by atoms with Crippen LogP contribution in [-0.2, 0) is 9.59 Å². The van der Waals surface area contributed by atoms with Gasteiger partial charge in [-0.05, 0) is 12.8 Å². The van der Waals surface area contributed by atoms with Crippen LogP contribution in [0.2, 0.25) is 0 Å². The second kappa shape index (κ2) is 6.66. The molecule has 0 aromatic carbocycles. The first-order valence-electron chi connectivity index (χ1n) is 4.83. The van der Waals surface area contributed by atoms with Crippen molar-refractivity contribution in [2.45, 2.75) is 29.8 Å². The molecule has 1 aliphatic heterocycles. The van der Waals surface area contributed by atoms with E-state index in [4.69, 9.17) is 10.2 Å². The van der Waals surface area contributed by atoms with Gasteiger partial charge in [-0.2, -0.15) is 0 Å². The first kappa shape index (κ1) is 14.1. The molecule has 1 fully saturated rings. The van der Waals surface area contributed by atoms with E-state index in [2.05, 4.69) is 0 Å². The summed E-state index contributed by atoms with van der Waals surface area (Å²) in [5.74, 6) is -1.62. The molecule has 1 aliphatic rings. The molecule has 4 nitrogen and oxygen atoms in total. The van der Waals surface area contributed by atoms with Gasteiger partial charge < -0.3 is 10.2 Å². The zero-order valence-corrected chi connectivity index (χ0v) is 11.1. The Morgan fingerprint density at radius 3 is 1.81 bits per heavy atom. The monoisotopic (exact) mass is 282 g/mol. The van der Waals surface area contributed by atoms with Gasteiger partial charge in [0.15, 0.2) is 0 Å². The lowest BCUT2D eigenvalue weighted by atomic mass is 10.1. The van der Waals surface area contributed by atoms with Crippen LogP contribution in [0, 0.1) is 0 Å². The van der Waals surface area contributed by atoms with Crippen LogP contribution in [-0.4, -0.2) is 36.4 Å². The zero-order chi connectivity index (χ0) is 12.0. The summed E-state index contributed by atoms with van der Waals surface area (Å²) in [6.45, 7) is 0. The van der Waals surface area contributed by atoms with Crippen LogP contribution in [0.25, 0.3) is 0 Å². The SMILES string of the molecule is O=C(O)CCC1(CCC(=O)O)SCSCS1. The quantitative estimate of drug-likeness (QED) is 0.775. The summed E-state index contributed by atoms with van der Waals surface area (Å²) < 4.78 is -0.206. The predicted molar refractivity (Wildman–Crippen MR) is 69.0 cm³/mol. The maximum Gasteiger partial charge on any atom is 0.303 e. The molecule has 0 bridgehead atoms. The van der Waals surface area contributed by atoms with E-state index in [1.165, 1.54) is 0 Å². The van der Waals surface area contributed by atoms with Crippen molar-refractivity contribution in [3.05, 3.63) is 0 Å². The number of hydrogen-bond acceptors (Lipinski definition) is 5. The molecule has 0 aliphatic carbocycles. The second-order valence-corrected chi connectivity index (χ2v) is 8.12. The standard InChI is InChI=1S/C9H14O4S3/c10-7(11)1-3-9(4-2-8(12)13)15-5-14-6-16-9/h1-6H2,(H,10,11)(H,12,13). The van der Waals surface area contributed by atoms with Crippen molar-refractivity contribution in [3.63, 3.8) is 0 Å². The Balaban J connectivity index is 2.52. The van der Waals surface area contributed by atoms with Crippen molar-refractivity contribution in [2.75, 3.05) is 10.2 Å². The Morgan fingerprint density at radius 2 is 1.44 bits per heavy atom. The third kappa shape index (κ3) is 4.88. The third-order valence-corrected chi connectivity index (χ3v) is 7.10. The highest BCUT2D eigenvalue weighted by molar-refractivity contribution is 8.33. The first-order valence-corrected chi connectivity index (χ1v) is 7.96. The minimum absolute atomic E-state index is 0.115. The van der Waals surface area contributed by atoms with Gasteiger partial charge in [0.2, 0.25) is 0 Å². The van der Waals surface area contributed by atoms with Crippen LogP contribution in [0.5, 0.6) is 0 Å². The minimum Gasteiger partial charge on any atom is -0.481 e. The molecule has 0 aromatic heterocycles. The zero-order valence-electron chi connectivity index (χ0n) is 8.68. The van der Waals surface area contributed by atoms with E-state index in [9.17, 15) is 9.59 Å². The summed E-state index contributed by atoms with van der Waals surface area (Å²) in [5.41, 5.74) is 0. The lowest BCUT2D eigenvalue weighted by molar-refractivity contribution is -0.137. The Hall–Kier alpha value is -0.0100. The molecule has 16 heavy (non-hydrogen) atoms. The van der Waals surface area contributed by atoms with E-state index in [0.29, 0.717) is 12.8 Å². The van der Waals surface area contributed by atoms with E-state index in [-0.39, 0.29) is 16.9 Å². The lowest BCUT2D eigenvalue weighted by Gasteiger charge is -2.35. The number of thioether (sulfide) groups is 3. The van der Waals surface area contributed by atoms with Crippen molar-refractivity contribution in [1.82, 2.24) is 0 Å². The molecule has 1 rings (SSSR count). The van der Waals surface area contributed by atoms with Gasteiger partial charge in [-0.15, -0.1) is 35.3 Å². The van der Waals surface area contributed by atoms with E-state index in [1.54, 1.807) is 35.3 Å². The number of hydrogen-bond donors (Lipinski definition) is 2. The first-order chi connectivity index (χ1) is 7.54. The van der Waals surface area contributed by atoms with Crippen molar-refractivity contribution in [1.29, 1.82) is 0 Å². The van der Waals surface area contributed by atoms with E-state index in [0.717, 1.165) is 10.2 Å². The van der Waals surface area contributed by atoms with Crippen molar-refractivity contribution in [2.24, 2.45) is 0 Å². The summed E-state index contributed by atoms with van der Waals surface area (Å²) in [5, 5.41) is 19.2. The molecule has 92 valence electrons. The molecule has 0 spiro atoms. The van der Waals surface area contributed by atoms with E-state index < -0.39 is 11.9 Å².